The van der Waals surface area contributed by atoms with E-state index in [1.165, 1.54) is 6.07 Å². The van der Waals surface area contributed by atoms with Gasteiger partial charge in [0.15, 0.2) is 0 Å². The molecule has 1 amide bonds. The summed E-state index contributed by atoms with van der Waals surface area (Å²) >= 11 is 0. The summed E-state index contributed by atoms with van der Waals surface area (Å²) in [6.07, 6.45) is -4.36. The normalized spacial score (nSPS) is 15.5. The molecule has 2 aromatic rings. The second-order valence-corrected chi connectivity index (χ2v) is 6.54. The van der Waals surface area contributed by atoms with Gasteiger partial charge in [0.1, 0.15) is 11.5 Å². The van der Waals surface area contributed by atoms with Gasteiger partial charge in [-0.25, -0.2) is 0 Å². The van der Waals surface area contributed by atoms with E-state index in [0.717, 1.165) is 23.5 Å². The van der Waals surface area contributed by atoms with Gasteiger partial charge in [-0.1, -0.05) is 6.07 Å². The van der Waals surface area contributed by atoms with Crippen molar-refractivity contribution in [1.29, 1.82) is 0 Å². The van der Waals surface area contributed by atoms with Gasteiger partial charge in [-0.15, -0.1) is 0 Å². The van der Waals surface area contributed by atoms with Crippen LogP contribution in [0.3, 0.4) is 0 Å². The van der Waals surface area contributed by atoms with Crippen LogP contribution < -0.4 is 4.90 Å². The number of amides is 1. The predicted molar refractivity (Wildman–Crippen MR) is 92.5 cm³/mol. The van der Waals surface area contributed by atoms with E-state index in [-0.39, 0.29) is 5.91 Å². The van der Waals surface area contributed by atoms with E-state index >= 15 is 0 Å². The van der Waals surface area contributed by atoms with Gasteiger partial charge >= 0.3 is 6.18 Å². The molecule has 1 aromatic carbocycles. The largest absolute Gasteiger partial charge is 0.466 e. The third-order valence-corrected chi connectivity index (χ3v) is 4.88. The first-order valence-electron chi connectivity index (χ1n) is 8.46. The van der Waals surface area contributed by atoms with Crippen LogP contribution in [0.5, 0.6) is 0 Å². The average molecular weight is 366 g/mol. The number of aryl methyl sites for hydroxylation is 2. The summed E-state index contributed by atoms with van der Waals surface area (Å²) < 4.78 is 44.2. The maximum atomic E-state index is 12.9. The number of carbonyl (C=O) groups is 1. The zero-order valence-electron chi connectivity index (χ0n) is 15.0. The van der Waals surface area contributed by atoms with E-state index in [9.17, 15) is 18.0 Å². The number of benzene rings is 1. The van der Waals surface area contributed by atoms with Gasteiger partial charge in [0.25, 0.3) is 5.91 Å². The molecule has 1 aliphatic heterocycles. The molecule has 1 aliphatic rings. The molecule has 26 heavy (non-hydrogen) atoms. The lowest BCUT2D eigenvalue weighted by atomic mass is 10.1. The molecule has 7 heteroatoms. The number of halogens is 3. The van der Waals surface area contributed by atoms with Crippen molar-refractivity contribution < 1.29 is 22.4 Å². The van der Waals surface area contributed by atoms with Crippen molar-refractivity contribution in [3.05, 3.63) is 52.5 Å². The maximum absolute atomic E-state index is 12.9. The van der Waals surface area contributed by atoms with Crippen molar-refractivity contribution in [3.63, 3.8) is 0 Å². The number of alkyl halides is 3. The van der Waals surface area contributed by atoms with Crippen LogP contribution in [-0.2, 0) is 6.18 Å². The van der Waals surface area contributed by atoms with E-state index in [1.54, 1.807) is 17.9 Å². The number of nitrogens with zero attached hydrogens (tertiary/aromatic N) is 2. The molecular formula is C19H21F3N2O2. The smallest absolute Gasteiger partial charge is 0.416 e. The topological polar surface area (TPSA) is 36.7 Å². The minimum absolute atomic E-state index is 0.0828. The summed E-state index contributed by atoms with van der Waals surface area (Å²) in [5.41, 5.74) is 1.30. The number of hydrogen-bond acceptors (Lipinski definition) is 3. The number of rotatable bonds is 2. The molecule has 1 saturated heterocycles. The molecule has 0 saturated carbocycles. The van der Waals surface area contributed by atoms with Crippen molar-refractivity contribution in [3.8, 4) is 0 Å². The van der Waals surface area contributed by atoms with Crippen molar-refractivity contribution in [2.24, 2.45) is 0 Å². The van der Waals surface area contributed by atoms with Gasteiger partial charge in [0.05, 0.1) is 11.1 Å². The quantitative estimate of drug-likeness (QED) is 0.800. The molecule has 1 fully saturated rings. The Kier molecular flexibility index (Phi) is 4.73. The predicted octanol–water partition coefficient (Wildman–Crippen LogP) is 4.19. The average Bonchev–Trinajstić information content (AvgIpc) is 2.86. The zero-order chi connectivity index (χ0) is 19.1. The number of carbonyl (C=O) groups excluding carboxylic acids is 1. The lowest BCUT2D eigenvalue weighted by Gasteiger charge is -2.36. The number of piperazine rings is 1. The van der Waals surface area contributed by atoms with Gasteiger partial charge in [-0.2, -0.15) is 13.2 Å². The number of hydrogen-bond donors (Lipinski definition) is 0. The molecule has 140 valence electrons. The molecule has 0 N–H and O–H groups in total. The number of anilines is 1. The summed E-state index contributed by atoms with van der Waals surface area (Å²) in [7, 11) is 0. The lowest BCUT2D eigenvalue weighted by Crippen LogP contribution is -2.49. The van der Waals surface area contributed by atoms with Crippen LogP contribution in [0.15, 0.2) is 28.7 Å². The summed E-state index contributed by atoms with van der Waals surface area (Å²) in [6, 6.07) is 5.30. The van der Waals surface area contributed by atoms with Crippen molar-refractivity contribution in [1.82, 2.24) is 4.90 Å². The van der Waals surface area contributed by atoms with Crippen LogP contribution in [0, 0.1) is 20.8 Å². The SMILES string of the molecule is Cc1oc(C)c(C(=O)N2CCN(c3cccc(C(F)(F)F)c3)CC2)c1C. The van der Waals surface area contributed by atoms with E-state index in [2.05, 4.69) is 0 Å². The molecule has 3 rings (SSSR count). The minimum atomic E-state index is -4.36. The van der Waals surface area contributed by atoms with E-state index < -0.39 is 11.7 Å². The van der Waals surface area contributed by atoms with Crippen molar-refractivity contribution >= 4 is 11.6 Å². The lowest BCUT2D eigenvalue weighted by molar-refractivity contribution is -0.137. The first-order valence-corrected chi connectivity index (χ1v) is 8.46. The van der Waals surface area contributed by atoms with Crippen molar-refractivity contribution in [2.75, 3.05) is 31.1 Å². The van der Waals surface area contributed by atoms with Gasteiger partial charge in [-0.05, 0) is 39.0 Å². The second-order valence-electron chi connectivity index (χ2n) is 6.54. The second kappa shape index (κ2) is 6.70. The van der Waals surface area contributed by atoms with Crippen LogP contribution >= 0.6 is 0 Å². The molecule has 0 atom stereocenters. The molecule has 4 nitrogen and oxygen atoms in total. The first-order chi connectivity index (χ1) is 12.2. The highest BCUT2D eigenvalue weighted by atomic mass is 19.4. The Hall–Kier alpha value is -2.44. The molecule has 0 spiro atoms. The minimum Gasteiger partial charge on any atom is -0.466 e. The highest BCUT2D eigenvalue weighted by molar-refractivity contribution is 5.97. The Morgan fingerprint density at radius 2 is 1.69 bits per heavy atom. The van der Waals surface area contributed by atoms with Gasteiger partial charge in [0.2, 0.25) is 0 Å². The van der Waals surface area contributed by atoms with Crippen LogP contribution in [0.25, 0.3) is 0 Å². The molecule has 0 bridgehead atoms. The van der Waals surface area contributed by atoms with Crippen molar-refractivity contribution in [2.45, 2.75) is 26.9 Å². The summed E-state index contributed by atoms with van der Waals surface area (Å²) in [5, 5.41) is 0. The molecule has 0 unspecified atom stereocenters. The molecule has 1 aromatic heterocycles. The Balaban J connectivity index is 1.71. The molecular weight excluding hydrogens is 345 g/mol. The number of furan rings is 1. The summed E-state index contributed by atoms with van der Waals surface area (Å²) in [6.45, 7) is 7.34. The fourth-order valence-corrected chi connectivity index (χ4v) is 3.31. The standard InChI is InChI=1S/C19H21F3N2O2/c1-12-13(2)26-14(3)17(12)18(25)24-9-7-23(8-10-24)16-6-4-5-15(11-16)19(20,21)22/h4-6,11H,7-10H2,1-3H3. The Bertz CT molecular complexity index is 819. The zero-order valence-corrected chi connectivity index (χ0v) is 15.0. The molecule has 2 heterocycles. The van der Waals surface area contributed by atoms with E-state index in [0.29, 0.717) is 43.2 Å². The molecule has 0 aliphatic carbocycles. The summed E-state index contributed by atoms with van der Waals surface area (Å²) in [5.74, 6) is 1.25. The van der Waals surface area contributed by atoms with Crippen LogP contribution in [0.4, 0.5) is 18.9 Å². The fourth-order valence-electron chi connectivity index (χ4n) is 3.31. The van der Waals surface area contributed by atoms with Crippen LogP contribution in [-0.4, -0.2) is 37.0 Å². The molecule has 0 radical (unpaired) electrons. The Morgan fingerprint density at radius 3 is 2.23 bits per heavy atom. The van der Waals surface area contributed by atoms with Gasteiger partial charge in [-0.3, -0.25) is 4.79 Å². The fraction of sp³-hybridized carbons (Fsp3) is 0.421. The van der Waals surface area contributed by atoms with Gasteiger partial charge in [0, 0.05) is 37.4 Å². The first kappa shape index (κ1) is 18.4. The Labute approximate surface area is 150 Å². The third kappa shape index (κ3) is 3.43. The third-order valence-electron chi connectivity index (χ3n) is 4.88. The Morgan fingerprint density at radius 1 is 1.04 bits per heavy atom. The van der Waals surface area contributed by atoms with Crippen LogP contribution in [0.2, 0.25) is 0 Å². The summed E-state index contributed by atoms with van der Waals surface area (Å²) in [4.78, 5) is 16.4. The monoisotopic (exact) mass is 366 g/mol. The highest BCUT2D eigenvalue weighted by Gasteiger charge is 2.31. The maximum Gasteiger partial charge on any atom is 0.416 e. The van der Waals surface area contributed by atoms with E-state index in [4.69, 9.17) is 4.42 Å². The van der Waals surface area contributed by atoms with E-state index in [1.807, 2.05) is 18.7 Å². The highest BCUT2D eigenvalue weighted by Crippen LogP contribution is 2.32. The van der Waals surface area contributed by atoms with Gasteiger partial charge < -0.3 is 14.2 Å². The van der Waals surface area contributed by atoms with Crippen LogP contribution in [0.1, 0.15) is 33.0 Å².